The number of benzene rings is 1. The number of hydrogen-bond donors (Lipinski definition) is 1. The van der Waals surface area contributed by atoms with Gasteiger partial charge in [0.05, 0.1) is 0 Å². The first-order valence-corrected chi connectivity index (χ1v) is 7.07. The van der Waals surface area contributed by atoms with Gasteiger partial charge in [0, 0.05) is 18.3 Å². The molecular weight excluding hydrogens is 248 g/mol. The second-order valence-corrected chi connectivity index (χ2v) is 5.15. The maximum atomic E-state index is 5.83. The fraction of sp³-hybridized carbons (Fsp3) is 0.353. The van der Waals surface area contributed by atoms with Crippen molar-refractivity contribution in [3.63, 3.8) is 0 Å². The highest BCUT2D eigenvalue weighted by molar-refractivity contribution is 5.35. The fourth-order valence-electron chi connectivity index (χ4n) is 2.05. The lowest BCUT2D eigenvalue weighted by molar-refractivity contribution is 0.458. The lowest BCUT2D eigenvalue weighted by atomic mass is 9.99. The van der Waals surface area contributed by atoms with Gasteiger partial charge in [-0.25, -0.2) is 4.98 Å². The summed E-state index contributed by atoms with van der Waals surface area (Å²) in [6.45, 7) is 6.90. The molecule has 2 rings (SSSR count). The van der Waals surface area contributed by atoms with Crippen molar-refractivity contribution in [1.29, 1.82) is 0 Å². The van der Waals surface area contributed by atoms with Crippen LogP contribution in [0.25, 0.3) is 0 Å². The third-order valence-corrected chi connectivity index (χ3v) is 3.60. The van der Waals surface area contributed by atoms with Crippen LogP contribution in [-0.4, -0.2) is 4.98 Å². The predicted molar refractivity (Wildman–Crippen MR) is 82.1 cm³/mol. The van der Waals surface area contributed by atoms with Gasteiger partial charge in [0.1, 0.15) is 5.75 Å². The van der Waals surface area contributed by atoms with Gasteiger partial charge in [0.25, 0.3) is 0 Å². The van der Waals surface area contributed by atoms with Crippen molar-refractivity contribution in [2.24, 2.45) is 5.73 Å². The Hall–Kier alpha value is -1.87. The highest BCUT2D eigenvalue weighted by Gasteiger charge is 2.06. The molecule has 20 heavy (non-hydrogen) atoms. The van der Waals surface area contributed by atoms with Gasteiger partial charge in [-0.1, -0.05) is 26.0 Å². The molecule has 0 bridgehead atoms. The molecule has 0 aliphatic rings. The number of aryl methyl sites for hydroxylation is 1. The average Bonchev–Trinajstić information content (AvgIpc) is 2.49. The molecule has 1 aromatic carbocycles. The lowest BCUT2D eigenvalue weighted by Gasteiger charge is -2.11. The molecule has 0 amide bonds. The van der Waals surface area contributed by atoms with E-state index in [1.54, 1.807) is 6.20 Å². The number of nitrogens with two attached hydrogens (primary N) is 1. The average molecular weight is 270 g/mol. The third kappa shape index (κ3) is 3.36. The summed E-state index contributed by atoms with van der Waals surface area (Å²) in [7, 11) is 0. The van der Waals surface area contributed by atoms with Crippen molar-refractivity contribution in [1.82, 2.24) is 4.98 Å². The summed E-state index contributed by atoms with van der Waals surface area (Å²) in [5.41, 5.74) is 8.95. The van der Waals surface area contributed by atoms with E-state index < -0.39 is 0 Å². The Labute approximate surface area is 120 Å². The van der Waals surface area contributed by atoms with Gasteiger partial charge < -0.3 is 10.5 Å². The molecule has 1 unspecified atom stereocenters. The van der Waals surface area contributed by atoms with Gasteiger partial charge in [-0.3, -0.25) is 0 Å². The smallest absolute Gasteiger partial charge is 0.222 e. The molecule has 0 saturated heterocycles. The van der Waals surface area contributed by atoms with Gasteiger partial charge >= 0.3 is 0 Å². The normalized spacial score (nSPS) is 12.2. The molecule has 0 fully saturated rings. The summed E-state index contributed by atoms with van der Waals surface area (Å²) in [5, 5.41) is 0. The highest BCUT2D eigenvalue weighted by atomic mass is 16.5. The van der Waals surface area contributed by atoms with Crippen LogP contribution in [0.1, 0.15) is 42.9 Å². The largest absolute Gasteiger partial charge is 0.439 e. The molecule has 1 atom stereocenters. The Morgan fingerprint density at radius 3 is 2.50 bits per heavy atom. The van der Waals surface area contributed by atoms with Crippen molar-refractivity contribution in [3.8, 4) is 11.6 Å². The second-order valence-electron chi connectivity index (χ2n) is 5.15. The van der Waals surface area contributed by atoms with Crippen molar-refractivity contribution in [3.05, 3.63) is 53.2 Å². The zero-order valence-electron chi connectivity index (χ0n) is 12.4. The van der Waals surface area contributed by atoms with Crippen molar-refractivity contribution >= 4 is 0 Å². The summed E-state index contributed by atoms with van der Waals surface area (Å²) in [6, 6.07) is 10.2. The van der Waals surface area contributed by atoms with Crippen LogP contribution in [0.3, 0.4) is 0 Å². The summed E-state index contributed by atoms with van der Waals surface area (Å²) in [4.78, 5) is 4.32. The minimum absolute atomic E-state index is 0.498. The van der Waals surface area contributed by atoms with Crippen LogP contribution in [0.5, 0.6) is 11.6 Å². The van der Waals surface area contributed by atoms with Crippen LogP contribution in [0, 0.1) is 6.92 Å². The number of nitrogens with zero attached hydrogens (tertiary/aromatic N) is 1. The Kier molecular flexibility index (Phi) is 4.74. The van der Waals surface area contributed by atoms with E-state index in [1.165, 1.54) is 5.56 Å². The van der Waals surface area contributed by atoms with E-state index in [0.29, 0.717) is 18.3 Å². The van der Waals surface area contributed by atoms with E-state index in [9.17, 15) is 0 Å². The van der Waals surface area contributed by atoms with Crippen LogP contribution in [-0.2, 0) is 6.54 Å². The van der Waals surface area contributed by atoms with Crippen LogP contribution in [0.4, 0.5) is 0 Å². The van der Waals surface area contributed by atoms with Gasteiger partial charge in [-0.2, -0.15) is 0 Å². The van der Waals surface area contributed by atoms with E-state index in [2.05, 4.69) is 31.0 Å². The first-order chi connectivity index (χ1) is 9.63. The first kappa shape index (κ1) is 14.5. The molecule has 0 spiro atoms. The molecule has 3 heteroatoms. The number of pyridine rings is 1. The van der Waals surface area contributed by atoms with Gasteiger partial charge in [0.15, 0.2) is 0 Å². The first-order valence-electron chi connectivity index (χ1n) is 7.07. The molecule has 0 saturated carbocycles. The Morgan fingerprint density at radius 2 is 1.95 bits per heavy atom. The van der Waals surface area contributed by atoms with Gasteiger partial charge in [0.2, 0.25) is 5.88 Å². The summed E-state index contributed by atoms with van der Waals surface area (Å²) >= 11 is 0. The van der Waals surface area contributed by atoms with E-state index in [-0.39, 0.29) is 0 Å². The molecule has 0 radical (unpaired) electrons. The van der Waals surface area contributed by atoms with Crippen LogP contribution >= 0.6 is 0 Å². The van der Waals surface area contributed by atoms with E-state index in [4.69, 9.17) is 10.5 Å². The molecule has 0 aliphatic heterocycles. The molecule has 106 valence electrons. The predicted octanol–water partition coefficient (Wildman–Crippen LogP) is 4.15. The standard InChI is InChI=1S/C17H22N2O/c1-4-12(2)15-5-7-16(8-6-15)20-17-13(3)9-14(10-18)11-19-17/h5-9,11-12H,4,10,18H2,1-3H3. The van der Waals surface area contributed by atoms with Crippen molar-refractivity contribution in [2.75, 3.05) is 0 Å². The van der Waals surface area contributed by atoms with Crippen LogP contribution in [0.15, 0.2) is 36.5 Å². The summed E-state index contributed by atoms with van der Waals surface area (Å²) in [6.07, 6.45) is 2.90. The number of ether oxygens (including phenoxy) is 1. The van der Waals surface area contributed by atoms with Crippen molar-refractivity contribution in [2.45, 2.75) is 39.7 Å². The monoisotopic (exact) mass is 270 g/mol. The maximum Gasteiger partial charge on any atom is 0.222 e. The quantitative estimate of drug-likeness (QED) is 0.887. The topological polar surface area (TPSA) is 48.1 Å². The fourth-order valence-corrected chi connectivity index (χ4v) is 2.05. The summed E-state index contributed by atoms with van der Waals surface area (Å²) in [5.74, 6) is 2.03. The second kappa shape index (κ2) is 6.53. The number of aromatic nitrogens is 1. The molecule has 1 aromatic heterocycles. The molecule has 3 nitrogen and oxygen atoms in total. The third-order valence-electron chi connectivity index (χ3n) is 3.60. The van der Waals surface area contributed by atoms with Gasteiger partial charge in [-0.15, -0.1) is 0 Å². The zero-order valence-corrected chi connectivity index (χ0v) is 12.4. The Morgan fingerprint density at radius 1 is 1.25 bits per heavy atom. The highest BCUT2D eigenvalue weighted by Crippen LogP contribution is 2.26. The van der Waals surface area contributed by atoms with E-state index >= 15 is 0 Å². The Bertz CT molecular complexity index is 564. The van der Waals surface area contributed by atoms with Crippen LogP contribution < -0.4 is 10.5 Å². The minimum atomic E-state index is 0.498. The molecule has 0 aliphatic carbocycles. The van der Waals surface area contributed by atoms with Crippen LogP contribution in [0.2, 0.25) is 0 Å². The van der Waals surface area contributed by atoms with E-state index in [1.807, 2.05) is 25.1 Å². The molecule has 2 aromatic rings. The van der Waals surface area contributed by atoms with Gasteiger partial charge in [-0.05, 0) is 48.6 Å². The molecule has 2 N–H and O–H groups in total. The van der Waals surface area contributed by atoms with E-state index in [0.717, 1.165) is 23.3 Å². The zero-order chi connectivity index (χ0) is 14.5. The van der Waals surface area contributed by atoms with Crippen molar-refractivity contribution < 1.29 is 4.74 Å². The molecular formula is C17H22N2O. The summed E-state index contributed by atoms with van der Waals surface area (Å²) < 4.78 is 5.83. The Balaban J connectivity index is 2.14. The SMILES string of the molecule is CCC(C)c1ccc(Oc2ncc(CN)cc2C)cc1. The number of rotatable bonds is 5. The molecule has 1 heterocycles. The lowest BCUT2D eigenvalue weighted by Crippen LogP contribution is -1.99. The maximum absolute atomic E-state index is 5.83. The number of hydrogen-bond acceptors (Lipinski definition) is 3. The minimum Gasteiger partial charge on any atom is -0.439 e.